The van der Waals surface area contributed by atoms with Crippen LogP contribution in [-0.4, -0.2) is 0 Å². The van der Waals surface area contributed by atoms with Crippen LogP contribution < -0.4 is 0 Å². The normalized spacial score (nSPS) is 7.81. The molecular formula is C38H46Cl2PZr-11. The van der Waals surface area contributed by atoms with Crippen molar-refractivity contribution in [3.63, 3.8) is 0 Å². The van der Waals surface area contributed by atoms with Crippen molar-refractivity contribution < 1.29 is 26.2 Å². The van der Waals surface area contributed by atoms with Crippen LogP contribution in [0.1, 0.15) is 6.42 Å². The topological polar surface area (TPSA) is 0 Å². The van der Waals surface area contributed by atoms with Gasteiger partial charge in [-0.3, -0.25) is 14.3 Å². The van der Waals surface area contributed by atoms with Crippen molar-refractivity contribution in [2.24, 2.45) is 0 Å². The van der Waals surface area contributed by atoms with Gasteiger partial charge in [0.15, 0.2) is 0 Å². The molecule has 0 saturated heterocycles. The molecule has 1 unspecified atom stereocenters. The summed E-state index contributed by atoms with van der Waals surface area (Å²) < 4.78 is 0. The van der Waals surface area contributed by atoms with Gasteiger partial charge in [-0.15, -0.1) is 31.2 Å². The maximum absolute atomic E-state index is 3.01. The minimum Gasteiger partial charge on any atom is -0.358 e. The quantitative estimate of drug-likeness (QED) is 0.142. The number of rotatable bonds is 0. The zero-order chi connectivity index (χ0) is 24.0. The first-order valence-electron chi connectivity index (χ1n) is 10.9. The largest absolute Gasteiger partial charge is 0.358 e. The summed E-state index contributed by atoms with van der Waals surface area (Å²) in [6, 6.07) is 54.0. The number of hydrogen-bond acceptors (Lipinski definition) is 0. The Morgan fingerprint density at radius 3 is 0.833 bits per heavy atom. The first-order valence-corrected chi connectivity index (χ1v) is 11.9. The summed E-state index contributed by atoms with van der Waals surface area (Å²) in [7, 11) is 0.823. The van der Waals surface area contributed by atoms with Crippen LogP contribution in [-0.2, 0) is 26.2 Å². The molecule has 0 fully saturated rings. The number of halogens is 2. The van der Waals surface area contributed by atoms with Crippen molar-refractivity contribution in [2.45, 2.75) is 6.42 Å². The van der Waals surface area contributed by atoms with Crippen molar-refractivity contribution in [1.82, 2.24) is 0 Å². The van der Waals surface area contributed by atoms with Crippen LogP contribution in [0.5, 0.6) is 0 Å². The Kier molecular flexibility index (Phi) is 76.9. The fourth-order valence-corrected chi connectivity index (χ4v) is 2.43. The molecule has 0 saturated carbocycles. The average molecular weight is 696 g/mol. The summed E-state index contributed by atoms with van der Waals surface area (Å²) in [6.45, 7) is 0. The van der Waals surface area contributed by atoms with Crippen molar-refractivity contribution in [3.8, 4) is 0 Å². The molecule has 0 spiro atoms. The van der Waals surface area contributed by atoms with E-state index in [0.717, 1.165) is 14.6 Å². The Morgan fingerprint density at radius 2 is 0.762 bits per heavy atom. The van der Waals surface area contributed by atoms with E-state index in [2.05, 4.69) is 48.0 Å². The number of hydrogen-bond donors (Lipinski definition) is 0. The minimum atomic E-state index is 0. The van der Waals surface area contributed by atoms with Crippen LogP contribution in [0.3, 0.4) is 0 Å². The molecule has 1 aliphatic carbocycles. The predicted molar refractivity (Wildman–Crippen MR) is 194 cm³/mol. The standard InChI is InChI=1S/4C6H5.C5H5.C4H4P.5CH3.2ClH.Zr/c4*1-2-4-6-5-3-1;2*1-2-4-5-3-1;;;;;;;;/h4*1-5H;1-3H,4H2;1-3,5H;5*1H3;2*1H;/q11*-1;;;. The molecule has 6 rings (SSSR count). The first kappa shape index (κ1) is 59.1. The van der Waals surface area contributed by atoms with Gasteiger partial charge in [0.1, 0.15) is 0 Å². The molecule has 232 valence electrons. The van der Waals surface area contributed by atoms with Gasteiger partial charge in [-0.25, -0.2) is 18.2 Å². The Bertz CT molecular complexity index is 750. The van der Waals surface area contributed by atoms with Crippen molar-refractivity contribution in [1.29, 1.82) is 0 Å². The predicted octanol–water partition coefficient (Wildman–Crippen LogP) is 11.9. The van der Waals surface area contributed by atoms with E-state index in [0.29, 0.717) is 0 Å². The van der Waals surface area contributed by atoms with Crippen molar-refractivity contribution >= 4 is 33.0 Å². The van der Waals surface area contributed by atoms with E-state index < -0.39 is 0 Å². The van der Waals surface area contributed by atoms with Gasteiger partial charge in [0.2, 0.25) is 0 Å². The zero-order valence-corrected chi connectivity index (χ0v) is 30.6. The smallest absolute Gasteiger partial charge is 0 e. The molecule has 0 nitrogen and oxygen atoms in total. The third kappa shape index (κ3) is 50.4. The first-order chi connectivity index (χ1) is 17.0. The fourth-order valence-electron chi connectivity index (χ4n) is 1.95. The van der Waals surface area contributed by atoms with Gasteiger partial charge in [-0.05, 0) is 0 Å². The van der Waals surface area contributed by atoms with E-state index >= 15 is 0 Å². The number of allylic oxidation sites excluding steroid dienone is 4. The molecule has 1 atom stereocenters. The zero-order valence-electron chi connectivity index (χ0n) is 25.5. The van der Waals surface area contributed by atoms with Gasteiger partial charge in [-0.1, -0.05) is 0 Å². The van der Waals surface area contributed by atoms with E-state index in [1.165, 1.54) is 0 Å². The molecule has 4 aromatic carbocycles. The fraction of sp³-hybridized carbons (Fsp3) is 0.0263. The van der Waals surface area contributed by atoms with Crippen molar-refractivity contribution in [2.75, 3.05) is 0 Å². The summed E-state index contributed by atoms with van der Waals surface area (Å²) >= 11 is 0. The minimum absolute atomic E-state index is 0. The molecule has 0 aliphatic heterocycles. The van der Waals surface area contributed by atoms with Crippen LogP contribution in [0, 0.1) is 73.3 Å². The van der Waals surface area contributed by atoms with Gasteiger partial charge in [-0.2, -0.15) is 169 Å². The molecule has 0 bridgehead atoms. The summed E-state index contributed by atoms with van der Waals surface area (Å²) in [4.78, 5) is 0. The second-order valence-electron chi connectivity index (χ2n) is 6.13. The Balaban J connectivity index is -0.0000000531. The summed E-state index contributed by atoms with van der Waals surface area (Å²) in [6.07, 6.45) is 10.0. The molecule has 0 amide bonds. The van der Waals surface area contributed by atoms with Gasteiger partial charge in [0, 0.05) is 26.2 Å². The van der Waals surface area contributed by atoms with Crippen LogP contribution >= 0.6 is 33.0 Å². The molecule has 42 heavy (non-hydrogen) atoms. The van der Waals surface area contributed by atoms with Gasteiger partial charge < -0.3 is 37.1 Å². The third-order valence-corrected chi connectivity index (χ3v) is 4.15. The summed E-state index contributed by atoms with van der Waals surface area (Å²) in [5.74, 6) is 5.11. The molecule has 4 heteroatoms. The molecule has 0 radical (unpaired) electrons. The van der Waals surface area contributed by atoms with E-state index in [1.54, 1.807) is 0 Å². The second-order valence-corrected chi connectivity index (χ2v) is 7.04. The van der Waals surface area contributed by atoms with Gasteiger partial charge in [0.05, 0.1) is 0 Å². The Labute approximate surface area is 294 Å². The molecule has 0 N–H and O–H groups in total. The maximum Gasteiger partial charge on any atom is 0 e. The van der Waals surface area contributed by atoms with Crippen LogP contribution in [0.4, 0.5) is 0 Å². The van der Waals surface area contributed by atoms with Crippen molar-refractivity contribution in [3.05, 3.63) is 231 Å². The molecule has 1 aromatic heterocycles. The van der Waals surface area contributed by atoms with E-state index in [9.17, 15) is 0 Å². The molecular weight excluding hydrogens is 650 g/mol. The second kappa shape index (κ2) is 54.7. The monoisotopic (exact) mass is 693 g/mol. The van der Waals surface area contributed by atoms with Crippen LogP contribution in [0.2, 0.25) is 0 Å². The Hall–Kier alpha value is -2.40. The summed E-state index contributed by atoms with van der Waals surface area (Å²) in [5.41, 5.74) is 0. The third-order valence-electron chi connectivity index (χ3n) is 3.46. The van der Waals surface area contributed by atoms with Gasteiger partial charge in [0.25, 0.3) is 0 Å². The SMILES string of the molecule is Cl.Cl.[C-]1=CC=CC1.[CH3-].[CH3-].[CH3-].[CH3-].[CH3-].[Zr].[c-]1ccc[pH]1.[c-]1ccccc1.[c-]1ccccc1.[c-]1ccccc1.[c-]1ccccc1. The van der Waals surface area contributed by atoms with E-state index in [4.69, 9.17) is 0 Å². The molecule has 5 aromatic rings. The summed E-state index contributed by atoms with van der Waals surface area (Å²) in [5, 5.41) is 0. The van der Waals surface area contributed by atoms with Crippen LogP contribution in [0.15, 0.2) is 157 Å². The van der Waals surface area contributed by atoms with E-state index in [1.807, 2.05) is 146 Å². The maximum atomic E-state index is 3.01. The van der Waals surface area contributed by atoms with Gasteiger partial charge >= 0.3 is 0 Å². The average Bonchev–Trinajstić information content (AvgIpc) is 3.74. The number of benzene rings is 4. The van der Waals surface area contributed by atoms with E-state index in [-0.39, 0.29) is 88.2 Å². The molecule has 1 heterocycles. The van der Waals surface area contributed by atoms with Crippen LogP contribution in [0.25, 0.3) is 0 Å². The Morgan fingerprint density at radius 1 is 0.429 bits per heavy atom. The molecule has 1 aliphatic rings.